The Labute approximate surface area is 206 Å². The van der Waals surface area contributed by atoms with Crippen molar-refractivity contribution in [2.24, 2.45) is 0 Å². The molecule has 1 aliphatic carbocycles. The van der Waals surface area contributed by atoms with E-state index in [0.29, 0.717) is 43.4 Å². The van der Waals surface area contributed by atoms with Crippen molar-refractivity contribution in [3.63, 3.8) is 0 Å². The number of aryl methyl sites for hydroxylation is 2. The standard InChI is InChI=1S/C26H20N2O5S2/c1-2-32-25(31)15-9-7-14(8-10-15)18-12-11-16(33-18)13-20-23(30)28-24-21(22(29)27-26(28)35-20)17-5-3-4-6-19(17)34-24/h7-13H,2-6H2,1H3. The Hall–Kier alpha value is -3.56. The van der Waals surface area contributed by atoms with E-state index in [2.05, 4.69) is 4.98 Å². The number of hydrogen-bond acceptors (Lipinski definition) is 8. The first-order chi connectivity index (χ1) is 17.0. The van der Waals surface area contributed by atoms with Gasteiger partial charge < -0.3 is 9.15 Å². The molecule has 0 bridgehead atoms. The highest BCUT2D eigenvalue weighted by molar-refractivity contribution is 7.19. The molecule has 0 aliphatic heterocycles. The van der Waals surface area contributed by atoms with Gasteiger partial charge in [-0.1, -0.05) is 23.5 Å². The lowest BCUT2D eigenvalue weighted by Gasteiger charge is -2.09. The molecule has 0 radical (unpaired) electrons. The van der Waals surface area contributed by atoms with Gasteiger partial charge in [-0.2, -0.15) is 4.98 Å². The van der Waals surface area contributed by atoms with Crippen LogP contribution in [0.25, 0.3) is 32.6 Å². The van der Waals surface area contributed by atoms with E-state index in [9.17, 15) is 14.4 Å². The maximum absolute atomic E-state index is 13.3. The average Bonchev–Trinajstić information content (AvgIpc) is 3.56. The number of fused-ring (bicyclic) bond motifs is 5. The summed E-state index contributed by atoms with van der Waals surface area (Å²) in [5.41, 5.74) is 1.90. The van der Waals surface area contributed by atoms with Crippen LogP contribution in [-0.4, -0.2) is 22.0 Å². The molecular formula is C26H20N2O5S2. The van der Waals surface area contributed by atoms with Gasteiger partial charge >= 0.3 is 5.97 Å². The summed E-state index contributed by atoms with van der Waals surface area (Å²) < 4.78 is 13.0. The van der Waals surface area contributed by atoms with Crippen LogP contribution < -0.4 is 15.7 Å². The minimum absolute atomic E-state index is 0.196. The van der Waals surface area contributed by atoms with Gasteiger partial charge in [0.05, 0.1) is 17.6 Å². The number of aromatic nitrogens is 2. The second-order valence-corrected chi connectivity index (χ2v) is 10.4. The first-order valence-corrected chi connectivity index (χ1v) is 13.1. The molecule has 0 N–H and O–H groups in total. The van der Waals surface area contributed by atoms with E-state index < -0.39 is 0 Å². The molecule has 7 nitrogen and oxygen atoms in total. The molecule has 0 unspecified atom stereocenters. The lowest BCUT2D eigenvalue weighted by molar-refractivity contribution is 0.0526. The van der Waals surface area contributed by atoms with E-state index >= 15 is 0 Å². The van der Waals surface area contributed by atoms with Crippen LogP contribution in [0, 0.1) is 0 Å². The number of carbonyl (C=O) groups excluding carboxylic acids is 1. The monoisotopic (exact) mass is 504 g/mol. The van der Waals surface area contributed by atoms with Crippen LogP contribution in [0.1, 0.15) is 46.3 Å². The summed E-state index contributed by atoms with van der Waals surface area (Å²) in [5.74, 6) is 0.761. The van der Waals surface area contributed by atoms with E-state index in [1.54, 1.807) is 59.1 Å². The zero-order valence-electron chi connectivity index (χ0n) is 18.8. The molecule has 0 saturated heterocycles. The summed E-state index contributed by atoms with van der Waals surface area (Å²) in [6, 6.07) is 10.6. The highest BCUT2D eigenvalue weighted by Crippen LogP contribution is 2.34. The smallest absolute Gasteiger partial charge is 0.338 e. The summed E-state index contributed by atoms with van der Waals surface area (Å²) in [5, 5.41) is 0.607. The van der Waals surface area contributed by atoms with Gasteiger partial charge in [0.1, 0.15) is 20.9 Å². The molecule has 0 fully saturated rings. The number of thiophene rings is 1. The van der Waals surface area contributed by atoms with Crippen molar-refractivity contribution in [2.75, 3.05) is 6.61 Å². The first-order valence-electron chi connectivity index (χ1n) is 11.4. The van der Waals surface area contributed by atoms with E-state index in [1.165, 1.54) is 16.2 Å². The molecule has 4 heterocycles. The van der Waals surface area contributed by atoms with Crippen molar-refractivity contribution in [2.45, 2.75) is 32.6 Å². The van der Waals surface area contributed by atoms with Gasteiger partial charge in [0, 0.05) is 16.5 Å². The molecule has 5 aromatic rings. The van der Waals surface area contributed by atoms with Crippen LogP contribution >= 0.6 is 22.7 Å². The van der Waals surface area contributed by atoms with Crippen molar-refractivity contribution < 1.29 is 13.9 Å². The van der Waals surface area contributed by atoms with Gasteiger partial charge in [-0.3, -0.25) is 9.59 Å². The number of benzene rings is 1. The fourth-order valence-electron chi connectivity index (χ4n) is 4.50. The van der Waals surface area contributed by atoms with Gasteiger partial charge in [-0.25, -0.2) is 9.20 Å². The number of thiazole rings is 1. The van der Waals surface area contributed by atoms with Crippen molar-refractivity contribution >= 4 is 49.9 Å². The van der Waals surface area contributed by atoms with Crippen LogP contribution in [0.2, 0.25) is 0 Å². The Bertz CT molecular complexity index is 1770. The SMILES string of the molecule is CCOC(=O)c1ccc(-c2ccc(C=c3sc4nc(=O)c5c6c(sc5n4c3=O)CCCC6)o2)cc1. The molecule has 4 aromatic heterocycles. The van der Waals surface area contributed by atoms with Crippen molar-refractivity contribution in [3.8, 4) is 11.3 Å². The Kier molecular flexibility index (Phi) is 5.38. The Morgan fingerprint density at radius 3 is 2.71 bits per heavy atom. The van der Waals surface area contributed by atoms with Crippen molar-refractivity contribution in [1.82, 2.24) is 9.38 Å². The number of ether oxygens (including phenoxy) is 1. The third kappa shape index (κ3) is 3.71. The second kappa shape index (κ2) is 8.58. The summed E-state index contributed by atoms with van der Waals surface area (Å²) in [4.78, 5) is 44.5. The number of carbonyl (C=O) groups is 1. The molecule has 35 heavy (non-hydrogen) atoms. The summed E-state index contributed by atoms with van der Waals surface area (Å²) in [6.45, 7) is 2.09. The van der Waals surface area contributed by atoms with Gasteiger partial charge in [-0.15, -0.1) is 11.3 Å². The molecule has 0 amide bonds. The fourth-order valence-corrected chi connectivity index (χ4v) is 6.88. The van der Waals surface area contributed by atoms with Crippen molar-refractivity contribution in [1.29, 1.82) is 0 Å². The third-order valence-electron chi connectivity index (χ3n) is 6.15. The highest BCUT2D eigenvalue weighted by Gasteiger charge is 2.22. The number of esters is 1. The number of nitrogens with zero attached hydrogens (tertiary/aromatic N) is 2. The number of rotatable bonds is 4. The summed E-state index contributed by atoms with van der Waals surface area (Å²) >= 11 is 2.73. The van der Waals surface area contributed by atoms with Crippen LogP contribution in [0.4, 0.5) is 0 Å². The normalized spacial score (nSPS) is 14.0. The lowest BCUT2D eigenvalue weighted by atomic mass is 9.97. The molecular weight excluding hydrogens is 484 g/mol. The predicted molar refractivity (Wildman–Crippen MR) is 137 cm³/mol. The number of furan rings is 1. The molecule has 0 atom stereocenters. The molecule has 0 spiro atoms. The molecule has 1 aliphatic rings. The van der Waals surface area contributed by atoms with E-state index in [1.807, 2.05) is 6.07 Å². The topological polar surface area (TPSA) is 90.9 Å². The molecule has 176 valence electrons. The minimum Gasteiger partial charge on any atom is -0.462 e. The maximum Gasteiger partial charge on any atom is 0.338 e. The zero-order valence-corrected chi connectivity index (χ0v) is 20.5. The average molecular weight is 505 g/mol. The Morgan fingerprint density at radius 1 is 1.11 bits per heavy atom. The fraction of sp³-hybridized carbons (Fsp3) is 0.231. The third-order valence-corrected chi connectivity index (χ3v) is 8.40. The molecule has 6 rings (SSSR count). The van der Waals surface area contributed by atoms with Crippen LogP contribution in [0.3, 0.4) is 0 Å². The summed E-state index contributed by atoms with van der Waals surface area (Å²) in [6.07, 6.45) is 5.66. The van der Waals surface area contributed by atoms with Gasteiger partial charge in [0.15, 0.2) is 0 Å². The highest BCUT2D eigenvalue weighted by atomic mass is 32.1. The van der Waals surface area contributed by atoms with Crippen LogP contribution in [0.5, 0.6) is 0 Å². The number of hydrogen-bond donors (Lipinski definition) is 0. The Balaban J connectivity index is 1.40. The van der Waals surface area contributed by atoms with E-state index in [-0.39, 0.29) is 17.1 Å². The molecule has 9 heteroatoms. The summed E-state index contributed by atoms with van der Waals surface area (Å²) in [7, 11) is 0. The first kappa shape index (κ1) is 21.9. The van der Waals surface area contributed by atoms with Crippen LogP contribution in [-0.2, 0) is 17.6 Å². The molecule has 1 aromatic carbocycles. The van der Waals surface area contributed by atoms with E-state index in [0.717, 1.165) is 36.8 Å². The van der Waals surface area contributed by atoms with Crippen molar-refractivity contribution in [3.05, 3.63) is 83.4 Å². The van der Waals surface area contributed by atoms with Gasteiger partial charge in [0.2, 0.25) is 4.96 Å². The minimum atomic E-state index is -0.367. The largest absolute Gasteiger partial charge is 0.462 e. The second-order valence-electron chi connectivity index (χ2n) is 8.34. The molecule has 0 saturated carbocycles. The van der Waals surface area contributed by atoms with Gasteiger partial charge in [-0.05, 0) is 62.4 Å². The van der Waals surface area contributed by atoms with E-state index in [4.69, 9.17) is 9.15 Å². The van der Waals surface area contributed by atoms with Crippen LogP contribution in [0.15, 0.2) is 50.4 Å². The Morgan fingerprint density at radius 2 is 1.91 bits per heavy atom. The quantitative estimate of drug-likeness (QED) is 0.341. The zero-order chi connectivity index (χ0) is 24.1. The maximum atomic E-state index is 13.3. The predicted octanol–water partition coefficient (Wildman–Crippen LogP) is 4.19. The van der Waals surface area contributed by atoms with Gasteiger partial charge in [0.25, 0.3) is 11.1 Å². The lowest BCUT2D eigenvalue weighted by Crippen LogP contribution is -2.24.